The summed E-state index contributed by atoms with van der Waals surface area (Å²) in [6.45, 7) is 6.11. The second kappa shape index (κ2) is 3.84. The van der Waals surface area contributed by atoms with E-state index in [9.17, 15) is 4.79 Å². The molecule has 0 spiro atoms. The zero-order valence-electron chi connectivity index (χ0n) is 9.46. The van der Waals surface area contributed by atoms with Gasteiger partial charge in [-0.25, -0.2) is 0 Å². The maximum absolute atomic E-state index is 12.0. The van der Waals surface area contributed by atoms with Crippen LogP contribution in [0.2, 0.25) is 0 Å². The molecular weight excluding hydrogens is 192 g/mol. The van der Waals surface area contributed by atoms with Gasteiger partial charge in [-0.05, 0) is 20.8 Å². The highest BCUT2D eigenvalue weighted by Crippen LogP contribution is 2.27. The van der Waals surface area contributed by atoms with Gasteiger partial charge >= 0.3 is 0 Å². The molecule has 1 amide bonds. The molecule has 0 aromatic carbocycles. The molecular formula is C11H18N2O2. The first kappa shape index (κ1) is 12.0. The van der Waals surface area contributed by atoms with Gasteiger partial charge in [0.15, 0.2) is 0 Å². The molecule has 0 bridgehead atoms. The van der Waals surface area contributed by atoms with Crippen LogP contribution in [0.4, 0.5) is 0 Å². The van der Waals surface area contributed by atoms with E-state index in [1.807, 2.05) is 0 Å². The Balaban J connectivity index is 2.74. The molecule has 15 heavy (non-hydrogen) atoms. The van der Waals surface area contributed by atoms with Crippen LogP contribution in [0.1, 0.15) is 20.8 Å². The third-order valence-electron chi connectivity index (χ3n) is 2.82. The van der Waals surface area contributed by atoms with Crippen molar-refractivity contribution in [1.29, 1.82) is 0 Å². The van der Waals surface area contributed by atoms with Crippen molar-refractivity contribution < 1.29 is 9.53 Å². The number of carbonyl (C=O) groups is 1. The van der Waals surface area contributed by atoms with Crippen LogP contribution in [0.3, 0.4) is 0 Å². The lowest BCUT2D eigenvalue weighted by Crippen LogP contribution is -2.55. The first-order valence-electron chi connectivity index (χ1n) is 4.95. The van der Waals surface area contributed by atoms with Crippen LogP contribution in [0.5, 0.6) is 0 Å². The van der Waals surface area contributed by atoms with E-state index in [4.69, 9.17) is 16.9 Å². The Hall–Kier alpha value is -1.05. The van der Waals surface area contributed by atoms with Gasteiger partial charge in [0, 0.05) is 6.04 Å². The van der Waals surface area contributed by atoms with Crippen molar-refractivity contribution in [1.82, 2.24) is 5.32 Å². The molecule has 3 N–H and O–H groups in total. The SMILES string of the molecule is C#CC(C)(C)NC(=O)C1(C)COCC1N. The molecule has 0 saturated carbocycles. The summed E-state index contributed by atoms with van der Waals surface area (Å²) in [6, 6.07) is -0.272. The summed E-state index contributed by atoms with van der Waals surface area (Å²) >= 11 is 0. The first-order chi connectivity index (χ1) is 6.82. The number of terminal acetylenes is 1. The maximum Gasteiger partial charge on any atom is 0.231 e. The molecule has 0 radical (unpaired) electrons. The van der Waals surface area contributed by atoms with Gasteiger partial charge in [0.2, 0.25) is 5.91 Å². The molecule has 1 rings (SSSR count). The zero-order chi connectivity index (χ0) is 11.7. The number of carbonyl (C=O) groups excluding carboxylic acids is 1. The molecule has 84 valence electrons. The van der Waals surface area contributed by atoms with Crippen LogP contribution in [0, 0.1) is 17.8 Å². The van der Waals surface area contributed by atoms with E-state index in [2.05, 4.69) is 11.2 Å². The summed E-state index contributed by atoms with van der Waals surface area (Å²) in [6.07, 6.45) is 5.30. The quantitative estimate of drug-likeness (QED) is 0.624. The van der Waals surface area contributed by atoms with Crippen LogP contribution < -0.4 is 11.1 Å². The molecule has 1 saturated heterocycles. The number of rotatable bonds is 2. The maximum atomic E-state index is 12.0. The molecule has 1 heterocycles. The highest BCUT2D eigenvalue weighted by Gasteiger charge is 2.45. The van der Waals surface area contributed by atoms with Gasteiger partial charge in [0.25, 0.3) is 0 Å². The van der Waals surface area contributed by atoms with E-state index in [1.165, 1.54) is 0 Å². The molecule has 2 unspecified atom stereocenters. The summed E-state index contributed by atoms with van der Waals surface area (Å²) in [5.74, 6) is 2.37. The van der Waals surface area contributed by atoms with Crippen molar-refractivity contribution in [2.45, 2.75) is 32.4 Å². The molecule has 4 heteroatoms. The monoisotopic (exact) mass is 210 g/mol. The summed E-state index contributed by atoms with van der Waals surface area (Å²) in [5, 5.41) is 2.78. The summed E-state index contributed by atoms with van der Waals surface area (Å²) in [4.78, 5) is 12.0. The van der Waals surface area contributed by atoms with Crippen molar-refractivity contribution in [2.75, 3.05) is 13.2 Å². The van der Waals surface area contributed by atoms with Gasteiger partial charge in [-0.15, -0.1) is 6.42 Å². The molecule has 0 aliphatic carbocycles. The second-order valence-electron chi connectivity index (χ2n) is 4.76. The van der Waals surface area contributed by atoms with Crippen LogP contribution in [-0.2, 0) is 9.53 Å². The second-order valence-corrected chi connectivity index (χ2v) is 4.76. The Labute approximate surface area is 90.5 Å². The van der Waals surface area contributed by atoms with E-state index < -0.39 is 11.0 Å². The Kier molecular flexibility index (Phi) is 3.08. The van der Waals surface area contributed by atoms with E-state index >= 15 is 0 Å². The van der Waals surface area contributed by atoms with Crippen molar-refractivity contribution >= 4 is 5.91 Å². The van der Waals surface area contributed by atoms with E-state index in [1.54, 1.807) is 20.8 Å². The predicted molar refractivity (Wildman–Crippen MR) is 58.0 cm³/mol. The van der Waals surface area contributed by atoms with Crippen LogP contribution in [0.25, 0.3) is 0 Å². The standard InChI is InChI=1S/C11H18N2O2/c1-5-10(2,3)13-9(14)11(4)7-15-6-8(11)12/h1,8H,6-7,12H2,2-4H3,(H,13,14). The molecule has 0 aromatic rings. The molecule has 1 fully saturated rings. The van der Waals surface area contributed by atoms with Gasteiger partial charge in [-0.1, -0.05) is 5.92 Å². The normalized spacial score (nSPS) is 31.0. The van der Waals surface area contributed by atoms with E-state index in [0.717, 1.165) is 0 Å². The fourth-order valence-electron chi connectivity index (χ4n) is 1.39. The lowest BCUT2D eigenvalue weighted by Gasteiger charge is -2.30. The molecule has 4 nitrogen and oxygen atoms in total. The largest absolute Gasteiger partial charge is 0.379 e. The lowest BCUT2D eigenvalue weighted by molar-refractivity contribution is -0.131. The fraction of sp³-hybridized carbons (Fsp3) is 0.727. The predicted octanol–water partition coefficient (Wildman–Crippen LogP) is -0.122. The minimum atomic E-state index is -0.672. The third-order valence-corrected chi connectivity index (χ3v) is 2.82. The Morgan fingerprint density at radius 1 is 1.73 bits per heavy atom. The van der Waals surface area contributed by atoms with Crippen molar-refractivity contribution in [3.63, 3.8) is 0 Å². The topological polar surface area (TPSA) is 64.3 Å². The number of ether oxygens (including phenoxy) is 1. The first-order valence-corrected chi connectivity index (χ1v) is 4.95. The number of amides is 1. The average Bonchev–Trinajstić information content (AvgIpc) is 2.48. The van der Waals surface area contributed by atoms with Gasteiger partial charge in [0.1, 0.15) is 0 Å². The summed E-state index contributed by atoms with van der Waals surface area (Å²) in [5.41, 5.74) is 4.51. The Morgan fingerprint density at radius 3 is 2.73 bits per heavy atom. The molecule has 1 aliphatic rings. The van der Waals surface area contributed by atoms with Crippen molar-refractivity contribution in [3.05, 3.63) is 0 Å². The molecule has 0 aromatic heterocycles. The van der Waals surface area contributed by atoms with E-state index in [0.29, 0.717) is 13.2 Å². The minimum Gasteiger partial charge on any atom is -0.379 e. The van der Waals surface area contributed by atoms with Crippen molar-refractivity contribution in [3.8, 4) is 12.3 Å². The number of hydrogen-bond acceptors (Lipinski definition) is 3. The number of nitrogens with two attached hydrogens (primary N) is 1. The summed E-state index contributed by atoms with van der Waals surface area (Å²) < 4.78 is 5.20. The Bertz CT molecular complexity index is 306. The van der Waals surface area contributed by atoms with Gasteiger partial charge in [-0.2, -0.15) is 0 Å². The molecule has 2 atom stereocenters. The van der Waals surface area contributed by atoms with Crippen LogP contribution in [-0.4, -0.2) is 30.7 Å². The highest BCUT2D eigenvalue weighted by molar-refractivity contribution is 5.84. The van der Waals surface area contributed by atoms with Crippen LogP contribution >= 0.6 is 0 Å². The lowest BCUT2D eigenvalue weighted by atomic mass is 9.84. The van der Waals surface area contributed by atoms with Crippen LogP contribution in [0.15, 0.2) is 0 Å². The van der Waals surface area contributed by atoms with Gasteiger partial charge in [-0.3, -0.25) is 4.79 Å². The Morgan fingerprint density at radius 2 is 2.33 bits per heavy atom. The average molecular weight is 210 g/mol. The van der Waals surface area contributed by atoms with Gasteiger partial charge in [0.05, 0.1) is 24.2 Å². The van der Waals surface area contributed by atoms with E-state index in [-0.39, 0.29) is 11.9 Å². The minimum absolute atomic E-state index is 0.143. The number of nitrogens with one attached hydrogen (secondary N) is 1. The van der Waals surface area contributed by atoms with Crippen molar-refractivity contribution in [2.24, 2.45) is 11.1 Å². The number of hydrogen-bond donors (Lipinski definition) is 2. The fourth-order valence-corrected chi connectivity index (χ4v) is 1.39. The third kappa shape index (κ3) is 2.31. The molecule has 1 aliphatic heterocycles. The highest BCUT2D eigenvalue weighted by atomic mass is 16.5. The smallest absolute Gasteiger partial charge is 0.231 e. The summed E-state index contributed by atoms with van der Waals surface area (Å²) in [7, 11) is 0. The van der Waals surface area contributed by atoms with Gasteiger partial charge < -0.3 is 15.8 Å². The zero-order valence-corrected chi connectivity index (χ0v) is 9.46.